The van der Waals surface area contributed by atoms with Gasteiger partial charge in [-0.05, 0) is 50.7 Å². The zero-order valence-corrected chi connectivity index (χ0v) is 14.5. The summed E-state index contributed by atoms with van der Waals surface area (Å²) in [5.74, 6) is 0.422. The molecule has 0 aromatic heterocycles. The van der Waals surface area contributed by atoms with Crippen molar-refractivity contribution in [2.24, 2.45) is 0 Å². The van der Waals surface area contributed by atoms with Crippen LogP contribution < -0.4 is 0 Å². The predicted molar refractivity (Wildman–Crippen MR) is 99.0 cm³/mol. The van der Waals surface area contributed by atoms with E-state index in [1.807, 2.05) is 0 Å². The molecule has 23 heavy (non-hydrogen) atoms. The monoisotopic (exact) mass is 316 g/mol. The second-order valence-corrected chi connectivity index (χ2v) is 6.05. The van der Waals surface area contributed by atoms with Crippen molar-refractivity contribution in [3.63, 3.8) is 0 Å². The standard InChI is InChI=1S/C21H32O2/c1-2-3-4-5-6-7-8-9-10-11-12-13-14-16-19-20(22)17-15-18-21(19)23/h4-5,7-8,15,17-18,22-23H,2-3,6,9-14,16H2,1H3. The summed E-state index contributed by atoms with van der Waals surface area (Å²) in [5.41, 5.74) is 0.687. The fourth-order valence-electron chi connectivity index (χ4n) is 2.59. The minimum Gasteiger partial charge on any atom is -0.508 e. The number of hydrogen-bond donors (Lipinski definition) is 2. The van der Waals surface area contributed by atoms with E-state index >= 15 is 0 Å². The van der Waals surface area contributed by atoms with E-state index in [2.05, 4.69) is 31.2 Å². The summed E-state index contributed by atoms with van der Waals surface area (Å²) in [4.78, 5) is 0. The van der Waals surface area contributed by atoms with E-state index in [1.165, 1.54) is 38.5 Å². The van der Waals surface area contributed by atoms with Gasteiger partial charge < -0.3 is 10.2 Å². The first-order chi connectivity index (χ1) is 11.3. The first-order valence-corrected chi connectivity index (χ1v) is 9.05. The Morgan fingerprint density at radius 3 is 2.09 bits per heavy atom. The second kappa shape index (κ2) is 12.8. The lowest BCUT2D eigenvalue weighted by Crippen LogP contribution is -1.88. The summed E-state index contributed by atoms with van der Waals surface area (Å²) in [6.45, 7) is 2.20. The number of benzene rings is 1. The maximum atomic E-state index is 9.71. The fraction of sp³-hybridized carbons (Fsp3) is 0.524. The number of unbranched alkanes of at least 4 members (excludes halogenated alkanes) is 6. The molecule has 128 valence electrons. The van der Waals surface area contributed by atoms with Gasteiger partial charge in [-0.15, -0.1) is 0 Å². The molecule has 1 aromatic rings. The molecule has 0 atom stereocenters. The van der Waals surface area contributed by atoms with Crippen molar-refractivity contribution in [3.05, 3.63) is 48.1 Å². The third-order valence-electron chi connectivity index (χ3n) is 3.98. The number of rotatable bonds is 12. The Kier molecular flexibility index (Phi) is 10.8. The van der Waals surface area contributed by atoms with Gasteiger partial charge in [0.05, 0.1) is 0 Å². The zero-order chi connectivity index (χ0) is 16.8. The number of allylic oxidation sites excluding steroid dienone is 4. The van der Waals surface area contributed by atoms with E-state index in [0.29, 0.717) is 5.56 Å². The van der Waals surface area contributed by atoms with Crippen LogP contribution in [-0.2, 0) is 6.42 Å². The summed E-state index contributed by atoms with van der Waals surface area (Å²) in [5, 5.41) is 19.4. The van der Waals surface area contributed by atoms with Crippen molar-refractivity contribution in [3.8, 4) is 11.5 Å². The molecule has 2 nitrogen and oxygen atoms in total. The number of hydrogen-bond acceptors (Lipinski definition) is 2. The normalized spacial score (nSPS) is 11.7. The van der Waals surface area contributed by atoms with Crippen LogP contribution in [0.4, 0.5) is 0 Å². The van der Waals surface area contributed by atoms with Crippen molar-refractivity contribution in [2.45, 2.75) is 71.1 Å². The number of phenolic OH excluding ortho intramolecular Hbond substituents is 2. The molecule has 2 heteroatoms. The fourth-order valence-corrected chi connectivity index (χ4v) is 2.59. The minimum atomic E-state index is 0.211. The van der Waals surface area contributed by atoms with Crippen LogP contribution in [0.15, 0.2) is 42.5 Å². The Labute approximate surface area is 141 Å². The first kappa shape index (κ1) is 19.3. The number of aromatic hydroxyl groups is 2. The molecule has 0 aliphatic heterocycles. The number of phenols is 2. The molecule has 0 aliphatic rings. The van der Waals surface area contributed by atoms with Crippen LogP contribution in [0.2, 0.25) is 0 Å². The van der Waals surface area contributed by atoms with E-state index in [9.17, 15) is 10.2 Å². The Morgan fingerprint density at radius 1 is 0.783 bits per heavy atom. The van der Waals surface area contributed by atoms with E-state index < -0.39 is 0 Å². The molecule has 1 aromatic carbocycles. The van der Waals surface area contributed by atoms with Gasteiger partial charge in [0.1, 0.15) is 11.5 Å². The SMILES string of the molecule is CCCC=CCC=CCCCCCCCc1c(O)cccc1O. The summed E-state index contributed by atoms with van der Waals surface area (Å²) in [7, 11) is 0. The van der Waals surface area contributed by atoms with E-state index in [-0.39, 0.29) is 11.5 Å². The lowest BCUT2D eigenvalue weighted by Gasteiger charge is -2.06. The molecular weight excluding hydrogens is 284 g/mol. The van der Waals surface area contributed by atoms with Gasteiger partial charge in [0.2, 0.25) is 0 Å². The van der Waals surface area contributed by atoms with Crippen molar-refractivity contribution in [1.82, 2.24) is 0 Å². The van der Waals surface area contributed by atoms with E-state index in [1.54, 1.807) is 18.2 Å². The molecule has 1 rings (SSSR count). The van der Waals surface area contributed by atoms with Crippen LogP contribution in [-0.4, -0.2) is 10.2 Å². The minimum absolute atomic E-state index is 0.211. The maximum Gasteiger partial charge on any atom is 0.122 e. The van der Waals surface area contributed by atoms with Crippen LogP contribution >= 0.6 is 0 Å². The summed E-state index contributed by atoms with van der Waals surface area (Å²) in [6, 6.07) is 4.94. The largest absolute Gasteiger partial charge is 0.508 e. The van der Waals surface area contributed by atoms with Crippen molar-refractivity contribution < 1.29 is 10.2 Å². The lowest BCUT2D eigenvalue weighted by molar-refractivity contribution is 0.435. The Bertz CT molecular complexity index is 454. The maximum absolute atomic E-state index is 9.71. The lowest BCUT2D eigenvalue weighted by atomic mass is 10.0. The predicted octanol–water partition coefficient (Wildman–Crippen LogP) is 6.28. The highest BCUT2D eigenvalue weighted by Crippen LogP contribution is 2.28. The molecule has 0 heterocycles. The Hall–Kier alpha value is -1.70. The van der Waals surface area contributed by atoms with Crippen LogP contribution in [0.25, 0.3) is 0 Å². The molecular formula is C21H32O2. The smallest absolute Gasteiger partial charge is 0.122 e. The van der Waals surface area contributed by atoms with Gasteiger partial charge in [-0.25, -0.2) is 0 Å². The van der Waals surface area contributed by atoms with Crippen LogP contribution in [0.5, 0.6) is 11.5 Å². The summed E-state index contributed by atoms with van der Waals surface area (Å²) in [6.07, 6.45) is 20.3. The highest BCUT2D eigenvalue weighted by Gasteiger charge is 2.05. The van der Waals surface area contributed by atoms with Gasteiger partial charge >= 0.3 is 0 Å². The second-order valence-electron chi connectivity index (χ2n) is 6.05. The molecule has 0 aliphatic carbocycles. The molecule has 0 spiro atoms. The van der Waals surface area contributed by atoms with E-state index in [4.69, 9.17) is 0 Å². The molecule has 0 fully saturated rings. The summed E-state index contributed by atoms with van der Waals surface area (Å²) >= 11 is 0. The molecule has 0 unspecified atom stereocenters. The average molecular weight is 316 g/mol. The highest BCUT2D eigenvalue weighted by molar-refractivity contribution is 5.42. The molecule has 0 amide bonds. The van der Waals surface area contributed by atoms with Crippen LogP contribution in [0, 0.1) is 0 Å². The molecule has 0 radical (unpaired) electrons. The van der Waals surface area contributed by atoms with Crippen molar-refractivity contribution in [1.29, 1.82) is 0 Å². The molecule has 2 N–H and O–H groups in total. The average Bonchev–Trinajstić information content (AvgIpc) is 2.54. The summed E-state index contributed by atoms with van der Waals surface area (Å²) < 4.78 is 0. The van der Waals surface area contributed by atoms with Gasteiger partial charge in [-0.3, -0.25) is 0 Å². The highest BCUT2D eigenvalue weighted by atomic mass is 16.3. The Morgan fingerprint density at radius 2 is 1.39 bits per heavy atom. The topological polar surface area (TPSA) is 40.5 Å². The molecule has 0 bridgehead atoms. The quantitative estimate of drug-likeness (QED) is 0.352. The van der Waals surface area contributed by atoms with Gasteiger partial charge in [-0.2, -0.15) is 0 Å². The zero-order valence-electron chi connectivity index (χ0n) is 14.5. The molecule has 0 saturated heterocycles. The Balaban J connectivity index is 1.99. The van der Waals surface area contributed by atoms with Gasteiger partial charge in [-0.1, -0.05) is 63.0 Å². The molecule has 0 saturated carbocycles. The van der Waals surface area contributed by atoms with Gasteiger partial charge in [0.25, 0.3) is 0 Å². The van der Waals surface area contributed by atoms with Gasteiger partial charge in [0.15, 0.2) is 0 Å². The van der Waals surface area contributed by atoms with Crippen LogP contribution in [0.3, 0.4) is 0 Å². The van der Waals surface area contributed by atoms with Gasteiger partial charge in [0, 0.05) is 5.56 Å². The third kappa shape index (κ3) is 9.12. The van der Waals surface area contributed by atoms with E-state index in [0.717, 1.165) is 25.7 Å². The van der Waals surface area contributed by atoms with Crippen molar-refractivity contribution >= 4 is 0 Å². The third-order valence-corrected chi connectivity index (χ3v) is 3.98. The van der Waals surface area contributed by atoms with Crippen molar-refractivity contribution in [2.75, 3.05) is 0 Å². The first-order valence-electron chi connectivity index (χ1n) is 9.05. The van der Waals surface area contributed by atoms with Crippen LogP contribution in [0.1, 0.15) is 70.3 Å².